The van der Waals surface area contributed by atoms with Gasteiger partial charge in [0, 0.05) is 25.7 Å². The van der Waals surface area contributed by atoms with Crippen LogP contribution in [0.25, 0.3) is 0 Å². The summed E-state index contributed by atoms with van der Waals surface area (Å²) in [5.41, 5.74) is 6.66. The molecule has 3 atom stereocenters. The molecule has 4 heteroatoms. The van der Waals surface area contributed by atoms with Gasteiger partial charge < -0.3 is 15.6 Å². The molecule has 2 aliphatic rings. The predicted molar refractivity (Wildman–Crippen MR) is 78.5 cm³/mol. The Hall–Kier alpha value is -1.10. The highest BCUT2D eigenvalue weighted by molar-refractivity contribution is 5.28. The van der Waals surface area contributed by atoms with E-state index in [1.165, 1.54) is 19.3 Å². The topological polar surface area (TPSA) is 58.7 Å². The van der Waals surface area contributed by atoms with Crippen LogP contribution in [0.3, 0.4) is 0 Å². The zero-order valence-corrected chi connectivity index (χ0v) is 11.9. The second-order valence-corrected chi connectivity index (χ2v) is 6.10. The summed E-state index contributed by atoms with van der Waals surface area (Å²) in [4.78, 5) is 2.43. The Balaban J connectivity index is 1.45. The van der Waals surface area contributed by atoms with Crippen LogP contribution < -0.4 is 10.5 Å². The molecule has 1 aliphatic heterocycles. The summed E-state index contributed by atoms with van der Waals surface area (Å²) >= 11 is 0. The zero-order chi connectivity index (χ0) is 13.9. The van der Waals surface area contributed by atoms with Crippen molar-refractivity contribution >= 4 is 0 Å². The van der Waals surface area contributed by atoms with Crippen LogP contribution in [-0.4, -0.2) is 41.8 Å². The fourth-order valence-electron chi connectivity index (χ4n) is 3.53. The van der Waals surface area contributed by atoms with Gasteiger partial charge in [0.2, 0.25) is 0 Å². The monoisotopic (exact) mass is 276 g/mol. The lowest BCUT2D eigenvalue weighted by Crippen LogP contribution is -2.40. The van der Waals surface area contributed by atoms with E-state index in [0.29, 0.717) is 19.2 Å². The van der Waals surface area contributed by atoms with Gasteiger partial charge in [-0.3, -0.25) is 4.90 Å². The standard InChI is InChI=1S/C16H24N2O2/c17-8-12-2-1-3-16(7-12)20-11-15(19)10-18-9-13-4-5-14(18)6-13/h1-3,7,13-15,19H,4-6,8-11,17H2. The van der Waals surface area contributed by atoms with E-state index in [4.69, 9.17) is 10.5 Å². The number of benzene rings is 1. The van der Waals surface area contributed by atoms with Crippen molar-refractivity contribution in [2.75, 3.05) is 19.7 Å². The van der Waals surface area contributed by atoms with Crippen molar-refractivity contribution in [3.8, 4) is 5.75 Å². The molecule has 3 unspecified atom stereocenters. The summed E-state index contributed by atoms with van der Waals surface area (Å²) in [5, 5.41) is 10.1. The van der Waals surface area contributed by atoms with Crippen molar-refractivity contribution < 1.29 is 9.84 Å². The molecule has 1 saturated carbocycles. The Morgan fingerprint density at radius 1 is 1.40 bits per heavy atom. The average Bonchev–Trinajstić information content (AvgIpc) is 3.08. The Labute approximate surface area is 120 Å². The highest BCUT2D eigenvalue weighted by Gasteiger charge is 2.38. The number of aliphatic hydroxyl groups excluding tert-OH is 1. The fraction of sp³-hybridized carbons (Fsp3) is 0.625. The summed E-state index contributed by atoms with van der Waals surface area (Å²) < 4.78 is 5.67. The predicted octanol–water partition coefficient (Wildman–Crippen LogP) is 1.37. The third-order valence-electron chi connectivity index (χ3n) is 4.54. The van der Waals surface area contributed by atoms with Crippen molar-refractivity contribution in [3.63, 3.8) is 0 Å². The average molecular weight is 276 g/mol. The first kappa shape index (κ1) is 13.9. The molecular weight excluding hydrogens is 252 g/mol. The van der Waals surface area contributed by atoms with Gasteiger partial charge in [-0.05, 0) is 42.9 Å². The summed E-state index contributed by atoms with van der Waals surface area (Å²) in [6.45, 7) is 2.75. The third kappa shape index (κ3) is 3.14. The molecule has 110 valence electrons. The van der Waals surface area contributed by atoms with Crippen LogP contribution in [0, 0.1) is 5.92 Å². The van der Waals surface area contributed by atoms with Gasteiger partial charge in [-0.2, -0.15) is 0 Å². The highest BCUT2D eigenvalue weighted by Crippen LogP contribution is 2.37. The Morgan fingerprint density at radius 2 is 2.30 bits per heavy atom. The molecule has 0 aromatic heterocycles. The molecule has 1 aliphatic carbocycles. The second-order valence-electron chi connectivity index (χ2n) is 6.10. The lowest BCUT2D eigenvalue weighted by molar-refractivity contribution is 0.0573. The van der Waals surface area contributed by atoms with Gasteiger partial charge in [0.05, 0.1) is 0 Å². The molecule has 1 heterocycles. The zero-order valence-electron chi connectivity index (χ0n) is 11.9. The first-order chi connectivity index (χ1) is 9.74. The largest absolute Gasteiger partial charge is 0.491 e. The molecule has 3 rings (SSSR count). The molecule has 0 spiro atoms. The number of hydrogen-bond acceptors (Lipinski definition) is 4. The van der Waals surface area contributed by atoms with E-state index in [9.17, 15) is 5.11 Å². The Kier molecular flexibility index (Phi) is 4.24. The molecule has 1 saturated heterocycles. The van der Waals surface area contributed by atoms with Crippen LogP contribution in [0.2, 0.25) is 0 Å². The SMILES string of the molecule is NCc1cccc(OCC(O)CN2CC3CCC2C3)c1. The Bertz CT molecular complexity index is 452. The van der Waals surface area contributed by atoms with Gasteiger partial charge in [0.15, 0.2) is 0 Å². The van der Waals surface area contributed by atoms with Crippen LogP contribution in [0.1, 0.15) is 24.8 Å². The molecule has 1 aromatic carbocycles. The van der Waals surface area contributed by atoms with Gasteiger partial charge in [-0.25, -0.2) is 0 Å². The van der Waals surface area contributed by atoms with Crippen molar-refractivity contribution in [1.82, 2.24) is 4.90 Å². The van der Waals surface area contributed by atoms with Crippen molar-refractivity contribution in [1.29, 1.82) is 0 Å². The molecule has 2 bridgehead atoms. The number of likely N-dealkylation sites (tertiary alicyclic amines) is 1. The number of aliphatic hydroxyl groups is 1. The number of nitrogens with two attached hydrogens (primary N) is 1. The molecule has 1 aromatic rings. The van der Waals surface area contributed by atoms with Crippen LogP contribution in [0.4, 0.5) is 0 Å². The number of hydrogen-bond donors (Lipinski definition) is 2. The maximum Gasteiger partial charge on any atom is 0.119 e. The van der Waals surface area contributed by atoms with Crippen LogP contribution in [-0.2, 0) is 6.54 Å². The number of ether oxygens (including phenoxy) is 1. The van der Waals surface area contributed by atoms with E-state index in [-0.39, 0.29) is 0 Å². The lowest BCUT2D eigenvalue weighted by Gasteiger charge is -2.28. The van der Waals surface area contributed by atoms with E-state index in [1.807, 2.05) is 24.3 Å². The van der Waals surface area contributed by atoms with Crippen molar-refractivity contribution in [2.45, 2.75) is 38.0 Å². The van der Waals surface area contributed by atoms with Gasteiger partial charge in [0.25, 0.3) is 0 Å². The molecule has 3 N–H and O–H groups in total. The maximum absolute atomic E-state index is 10.1. The van der Waals surface area contributed by atoms with Gasteiger partial charge in [-0.15, -0.1) is 0 Å². The van der Waals surface area contributed by atoms with Crippen LogP contribution in [0.5, 0.6) is 5.75 Å². The minimum atomic E-state index is -0.420. The second kappa shape index (κ2) is 6.12. The van der Waals surface area contributed by atoms with Crippen molar-refractivity contribution in [2.24, 2.45) is 11.7 Å². The Morgan fingerprint density at radius 3 is 3.00 bits per heavy atom. The summed E-state index contributed by atoms with van der Waals surface area (Å²) in [6, 6.07) is 8.46. The first-order valence-electron chi connectivity index (χ1n) is 7.58. The fourth-order valence-corrected chi connectivity index (χ4v) is 3.53. The van der Waals surface area contributed by atoms with E-state index >= 15 is 0 Å². The quantitative estimate of drug-likeness (QED) is 0.824. The van der Waals surface area contributed by atoms with Gasteiger partial charge >= 0.3 is 0 Å². The van der Waals surface area contributed by atoms with Crippen molar-refractivity contribution in [3.05, 3.63) is 29.8 Å². The lowest BCUT2D eigenvalue weighted by atomic mass is 10.1. The number of nitrogens with zero attached hydrogens (tertiary/aromatic N) is 1. The summed E-state index contributed by atoms with van der Waals surface area (Å²) in [5.74, 6) is 1.66. The number of β-amino-alcohol motifs (C(OH)–C–C–N with tert-alkyl or cyclic N) is 1. The van der Waals surface area contributed by atoms with Gasteiger partial charge in [-0.1, -0.05) is 12.1 Å². The van der Waals surface area contributed by atoms with E-state index in [2.05, 4.69) is 4.90 Å². The minimum Gasteiger partial charge on any atom is -0.491 e. The number of rotatable bonds is 6. The molecule has 4 nitrogen and oxygen atoms in total. The minimum absolute atomic E-state index is 0.349. The molecule has 2 fully saturated rings. The molecule has 20 heavy (non-hydrogen) atoms. The highest BCUT2D eigenvalue weighted by atomic mass is 16.5. The smallest absolute Gasteiger partial charge is 0.119 e. The first-order valence-corrected chi connectivity index (χ1v) is 7.58. The van der Waals surface area contributed by atoms with Crippen LogP contribution >= 0.6 is 0 Å². The molecule has 0 amide bonds. The maximum atomic E-state index is 10.1. The van der Waals surface area contributed by atoms with Gasteiger partial charge in [0.1, 0.15) is 18.5 Å². The number of piperidine rings is 1. The van der Waals surface area contributed by atoms with E-state index in [1.54, 1.807) is 0 Å². The van der Waals surface area contributed by atoms with E-state index < -0.39 is 6.10 Å². The van der Waals surface area contributed by atoms with E-state index in [0.717, 1.165) is 30.3 Å². The molecule has 0 radical (unpaired) electrons. The number of fused-ring (bicyclic) bond motifs is 2. The van der Waals surface area contributed by atoms with Crippen LogP contribution in [0.15, 0.2) is 24.3 Å². The third-order valence-corrected chi connectivity index (χ3v) is 4.54. The normalized spacial score (nSPS) is 26.9. The summed E-state index contributed by atoms with van der Waals surface area (Å²) in [7, 11) is 0. The summed E-state index contributed by atoms with van der Waals surface area (Å²) in [6.07, 6.45) is 3.58. The molecular formula is C16H24N2O2.